The number of thioether (sulfide) groups is 1. The predicted octanol–water partition coefficient (Wildman–Crippen LogP) is -0.989. The van der Waals surface area contributed by atoms with Crippen molar-refractivity contribution in [1.29, 1.82) is 0 Å². The third-order valence-electron chi connectivity index (χ3n) is 7.61. The monoisotopic (exact) mass is 941 g/mol. The fourth-order valence-corrected chi connectivity index (χ4v) is 8.08. The van der Waals surface area contributed by atoms with Crippen LogP contribution in [0.5, 0.6) is 0 Å². The zero-order valence-corrected chi connectivity index (χ0v) is 35.4. The van der Waals surface area contributed by atoms with E-state index in [1.807, 2.05) is 0 Å². The third kappa shape index (κ3) is 17.8. The topological polar surface area (TPSA) is 438 Å². The molecular formula is C28H46N7O21P3S. The lowest BCUT2D eigenvalue weighted by Crippen LogP contribution is -2.46. The van der Waals surface area contributed by atoms with E-state index in [0.717, 1.165) is 29.0 Å². The molecule has 0 saturated carbocycles. The van der Waals surface area contributed by atoms with Crippen LogP contribution in [-0.4, -0.2) is 145 Å². The average molecular weight is 942 g/mol. The smallest absolute Gasteiger partial charge is 0.481 e. The maximum atomic E-state index is 12.6. The molecule has 0 aliphatic carbocycles. The van der Waals surface area contributed by atoms with Gasteiger partial charge in [0.1, 0.15) is 36.3 Å². The second-order valence-electron chi connectivity index (χ2n) is 12.9. The van der Waals surface area contributed by atoms with Gasteiger partial charge in [-0.2, -0.15) is 4.31 Å². The van der Waals surface area contributed by atoms with E-state index in [-0.39, 0.29) is 54.4 Å². The number of carboxylic acids is 2. The summed E-state index contributed by atoms with van der Waals surface area (Å²) in [7, 11) is -16.4. The van der Waals surface area contributed by atoms with Gasteiger partial charge in [-0.25, -0.2) is 28.6 Å². The number of amides is 2. The molecule has 7 atom stereocenters. The molecule has 32 heteroatoms. The molecule has 1 aliphatic heterocycles. The van der Waals surface area contributed by atoms with Crippen LogP contribution in [0.1, 0.15) is 52.7 Å². The number of carbonyl (C=O) groups is 5. The van der Waals surface area contributed by atoms with Crippen molar-refractivity contribution in [2.75, 3.05) is 37.8 Å². The second-order valence-corrected chi connectivity index (χ2v) is 18.3. The van der Waals surface area contributed by atoms with Crippen LogP contribution < -0.4 is 16.4 Å². The van der Waals surface area contributed by atoms with Crippen molar-refractivity contribution in [2.45, 2.75) is 77.1 Å². The number of carbonyl (C=O) groups excluding carboxylic acids is 3. The summed E-state index contributed by atoms with van der Waals surface area (Å²) in [5, 5.41) is 42.0. The molecule has 2 aromatic rings. The molecule has 2 unspecified atom stereocenters. The highest BCUT2D eigenvalue weighted by Crippen LogP contribution is 2.61. The van der Waals surface area contributed by atoms with Crippen molar-refractivity contribution >= 4 is 81.1 Å². The summed E-state index contributed by atoms with van der Waals surface area (Å²) in [6.07, 6.45) is -7.11. The highest BCUT2D eigenvalue weighted by atomic mass is 32.2. The molecule has 3 rings (SSSR count). The Balaban J connectivity index is 0.00000140. The molecule has 3 heterocycles. The lowest BCUT2D eigenvalue weighted by atomic mass is 9.87. The number of aliphatic hydroxyl groups excluding tert-OH is 2. The Morgan fingerprint density at radius 3 is 2.17 bits per heavy atom. The van der Waals surface area contributed by atoms with Gasteiger partial charge in [0, 0.05) is 37.1 Å². The normalized spacial score (nSPS) is 20.6. The highest BCUT2D eigenvalue weighted by Gasteiger charge is 2.50. The molecule has 2 aromatic heterocycles. The van der Waals surface area contributed by atoms with Gasteiger partial charge < -0.3 is 61.1 Å². The summed E-state index contributed by atoms with van der Waals surface area (Å²) in [5.41, 5.74) is 4.26. The molecule has 0 spiro atoms. The zero-order chi connectivity index (χ0) is 45.6. The minimum atomic E-state index is -5.56. The molecule has 1 fully saturated rings. The minimum absolute atomic E-state index is 0.0221. The molecule has 0 aromatic carbocycles. The number of aliphatic hydroxyl groups is 2. The van der Waals surface area contributed by atoms with Crippen molar-refractivity contribution in [3.05, 3.63) is 12.7 Å². The van der Waals surface area contributed by atoms with Gasteiger partial charge in [-0.1, -0.05) is 32.5 Å². The number of ether oxygens (including phenoxy) is 1. The summed E-state index contributed by atoms with van der Waals surface area (Å²) >= 11 is 1.07. The maximum absolute atomic E-state index is 12.6. The molecule has 0 bridgehead atoms. The Bertz CT molecular complexity index is 1950. The Hall–Kier alpha value is -3.50. The van der Waals surface area contributed by atoms with E-state index < -0.39 is 96.5 Å². The first kappa shape index (κ1) is 52.6. The molecule has 12 N–H and O–H groups in total. The molecular weight excluding hydrogens is 895 g/mol. The molecule has 0 radical (unpaired) electrons. The summed E-state index contributed by atoms with van der Waals surface area (Å²) in [4.78, 5) is 106. The van der Waals surface area contributed by atoms with Gasteiger partial charge in [-0.15, -0.1) is 0 Å². The molecule has 28 nitrogen and oxygen atoms in total. The summed E-state index contributed by atoms with van der Waals surface area (Å²) in [6, 6.07) is 0. The Labute approximate surface area is 344 Å². The first-order chi connectivity index (χ1) is 27.7. The average Bonchev–Trinajstić information content (AvgIpc) is 3.70. The maximum Gasteiger partial charge on any atom is 0.481 e. The Morgan fingerprint density at radius 1 is 0.967 bits per heavy atom. The predicted molar refractivity (Wildman–Crippen MR) is 202 cm³/mol. The number of hydrogen-bond acceptors (Lipinski definition) is 20. The van der Waals surface area contributed by atoms with Crippen LogP contribution in [0.15, 0.2) is 12.7 Å². The number of nitrogens with one attached hydrogen (secondary N) is 2. The first-order valence-corrected chi connectivity index (χ1v) is 22.7. The van der Waals surface area contributed by atoms with E-state index in [4.69, 9.17) is 29.7 Å². The number of anilines is 1. The number of nitrogens with zero attached hydrogens (tertiary/aromatic N) is 4. The van der Waals surface area contributed by atoms with E-state index in [1.165, 1.54) is 13.8 Å². The number of fused-ring (bicyclic) bond motifs is 1. The van der Waals surface area contributed by atoms with Crippen LogP contribution in [0.3, 0.4) is 0 Å². The standard InChI is InChI=1S/C24H40N7O17P3S.C4H6O4/c1-4-15(33)52-8-7-26-14(32)5-6-27-22(36)19(35)24(2,3)10-45-51(42,43)48-50(40,41)44-9-13-18(47-49(37,38)39)17(34)23(46-13)31-12-30-16-20(25)28-11-29-21(16)31;5-3(6)1-2-4(7)8/h11-13,17-19,23,34-35H,4-10H2,1-3H3,(H,26,32)(H,27,36)(H,40,41)(H,42,43)(H2,25,28,29)(H2,37,38,39);1-2H2,(H,5,6)(H,7,8)/t13-,17-,18-,19+,23-;/m1./s1. The molecule has 60 heavy (non-hydrogen) atoms. The number of carboxylic acid groups (broad SMARTS) is 2. The number of aromatic nitrogens is 4. The SMILES string of the molecule is CCC(=O)SCCNC(=O)CCNC(=O)[C@H](O)C(C)(C)COP(=O)(O)OP(=O)(O)OC[C@H]1O[C@@H](n2cnc3c(N)ncnc32)[C@H](O)[C@@H]1OP(=O)(O)O.O=C(O)CCC(=O)O. The van der Waals surface area contributed by atoms with E-state index in [2.05, 4.69) is 34.4 Å². The number of aliphatic carboxylic acids is 2. The van der Waals surface area contributed by atoms with E-state index in [9.17, 15) is 67.5 Å². The van der Waals surface area contributed by atoms with Crippen molar-refractivity contribution < 1.29 is 100 Å². The Morgan fingerprint density at radius 2 is 1.58 bits per heavy atom. The quantitative estimate of drug-likeness (QED) is 0.0471. The van der Waals surface area contributed by atoms with Crippen molar-refractivity contribution in [3.63, 3.8) is 0 Å². The zero-order valence-electron chi connectivity index (χ0n) is 31.9. The lowest BCUT2D eigenvalue weighted by Gasteiger charge is -2.30. The van der Waals surface area contributed by atoms with Crippen LogP contribution in [0.4, 0.5) is 5.82 Å². The van der Waals surface area contributed by atoms with Crippen LogP contribution in [-0.2, 0) is 60.3 Å². The lowest BCUT2D eigenvalue weighted by molar-refractivity contribution is -0.143. The van der Waals surface area contributed by atoms with Gasteiger partial charge in [0.15, 0.2) is 22.8 Å². The number of nitrogen functional groups attached to an aromatic ring is 1. The highest BCUT2D eigenvalue weighted by molar-refractivity contribution is 8.13. The number of rotatable bonds is 23. The number of hydrogen-bond donors (Lipinski definition) is 11. The van der Waals surface area contributed by atoms with Crippen molar-refractivity contribution in [2.24, 2.45) is 5.41 Å². The third-order valence-corrected chi connectivity index (χ3v) is 11.7. The van der Waals surface area contributed by atoms with Gasteiger partial charge >= 0.3 is 35.4 Å². The Kier molecular flexibility index (Phi) is 20.3. The van der Waals surface area contributed by atoms with Crippen LogP contribution >= 0.6 is 35.2 Å². The number of nitrogens with two attached hydrogens (primary N) is 1. The minimum Gasteiger partial charge on any atom is -0.481 e. The van der Waals surface area contributed by atoms with Crippen molar-refractivity contribution in [1.82, 2.24) is 30.2 Å². The van der Waals surface area contributed by atoms with Crippen LogP contribution in [0.2, 0.25) is 0 Å². The molecule has 1 aliphatic rings. The van der Waals surface area contributed by atoms with Gasteiger partial charge in [-0.3, -0.25) is 42.1 Å². The van der Waals surface area contributed by atoms with Crippen LogP contribution in [0, 0.1) is 5.41 Å². The number of imidazole rings is 1. The van der Waals surface area contributed by atoms with E-state index in [1.54, 1.807) is 6.92 Å². The summed E-state index contributed by atoms with van der Waals surface area (Å²) < 4.78 is 61.9. The van der Waals surface area contributed by atoms with E-state index in [0.29, 0.717) is 12.2 Å². The van der Waals surface area contributed by atoms with Crippen LogP contribution in [0.25, 0.3) is 11.2 Å². The largest absolute Gasteiger partial charge is 0.481 e. The second kappa shape index (κ2) is 23.1. The molecule has 340 valence electrons. The van der Waals surface area contributed by atoms with Gasteiger partial charge in [0.05, 0.1) is 32.4 Å². The number of phosphoric ester groups is 3. The molecule has 1 saturated heterocycles. The number of phosphoric acid groups is 3. The van der Waals surface area contributed by atoms with Gasteiger partial charge in [0.25, 0.3) is 0 Å². The van der Waals surface area contributed by atoms with Gasteiger partial charge in [-0.05, 0) is 0 Å². The summed E-state index contributed by atoms with van der Waals surface area (Å²) in [5.74, 6) is -3.22. The first-order valence-electron chi connectivity index (χ1n) is 17.2. The van der Waals surface area contributed by atoms with Gasteiger partial charge in [0.2, 0.25) is 11.8 Å². The van der Waals surface area contributed by atoms with Crippen molar-refractivity contribution in [3.8, 4) is 0 Å². The summed E-state index contributed by atoms with van der Waals surface area (Å²) in [6.45, 7) is 2.24. The fraction of sp³-hybridized carbons (Fsp3) is 0.643. The molecule has 2 amide bonds. The van der Waals surface area contributed by atoms with E-state index >= 15 is 0 Å². The fourth-order valence-electron chi connectivity index (χ4n) is 4.61.